The maximum atomic E-state index is 13.0. The molecule has 1 heterocycles. The Labute approximate surface area is 141 Å². The molecule has 1 N–H and O–H groups in total. The molecule has 134 valence electrons. The molecule has 1 atom stereocenters. The van der Waals surface area contributed by atoms with E-state index < -0.39 is 11.7 Å². The molecular formula is C18H25F3N2O. The van der Waals surface area contributed by atoms with Crippen LogP contribution in [0.3, 0.4) is 0 Å². The average molecular weight is 342 g/mol. The van der Waals surface area contributed by atoms with Crippen molar-refractivity contribution in [2.75, 3.05) is 26.2 Å². The molecule has 1 aromatic carbocycles. The Bertz CT molecular complexity index is 545. The first-order valence-electron chi connectivity index (χ1n) is 8.54. The monoisotopic (exact) mass is 342 g/mol. The molecule has 1 saturated heterocycles. The maximum absolute atomic E-state index is 13.0. The highest BCUT2D eigenvalue weighted by atomic mass is 19.4. The topological polar surface area (TPSA) is 32.3 Å². The normalized spacial score (nSPS) is 19.2. The van der Waals surface area contributed by atoms with Crippen LogP contribution in [0.5, 0.6) is 0 Å². The molecule has 0 radical (unpaired) electrons. The summed E-state index contributed by atoms with van der Waals surface area (Å²) in [5, 5.41) is 2.78. The van der Waals surface area contributed by atoms with Gasteiger partial charge in [0.25, 0.3) is 0 Å². The quantitative estimate of drug-likeness (QED) is 0.858. The number of hydrogen-bond donors (Lipinski definition) is 1. The second-order valence-corrected chi connectivity index (χ2v) is 6.39. The number of rotatable bonds is 6. The smallest absolute Gasteiger partial charge is 0.355 e. The summed E-state index contributed by atoms with van der Waals surface area (Å²) >= 11 is 0. The molecule has 6 heteroatoms. The molecule has 1 fully saturated rings. The molecule has 0 unspecified atom stereocenters. The number of benzene rings is 1. The van der Waals surface area contributed by atoms with Crippen molar-refractivity contribution >= 4 is 5.91 Å². The van der Waals surface area contributed by atoms with E-state index in [4.69, 9.17) is 0 Å². The van der Waals surface area contributed by atoms with Crippen LogP contribution in [0.25, 0.3) is 0 Å². The van der Waals surface area contributed by atoms with Gasteiger partial charge in [-0.1, -0.05) is 18.2 Å². The maximum Gasteiger partial charge on any atom is 0.416 e. The van der Waals surface area contributed by atoms with Gasteiger partial charge in [-0.05, 0) is 56.7 Å². The lowest BCUT2D eigenvalue weighted by Gasteiger charge is -2.32. The molecule has 0 aliphatic carbocycles. The number of nitrogens with one attached hydrogen (secondary N) is 1. The number of nitrogens with zero attached hydrogens (tertiary/aromatic N) is 1. The van der Waals surface area contributed by atoms with Crippen LogP contribution in [0.15, 0.2) is 24.3 Å². The summed E-state index contributed by atoms with van der Waals surface area (Å²) in [6, 6.07) is 5.81. The number of aryl methyl sites for hydroxylation is 1. The van der Waals surface area contributed by atoms with E-state index in [1.807, 2.05) is 6.92 Å². The average Bonchev–Trinajstić information content (AvgIpc) is 2.53. The lowest BCUT2D eigenvalue weighted by Crippen LogP contribution is -2.42. The van der Waals surface area contributed by atoms with E-state index in [0.29, 0.717) is 31.0 Å². The van der Waals surface area contributed by atoms with Crippen LogP contribution in [0, 0.1) is 5.92 Å². The van der Waals surface area contributed by atoms with Crippen molar-refractivity contribution in [3.8, 4) is 0 Å². The Kier molecular flexibility index (Phi) is 6.66. The van der Waals surface area contributed by atoms with Crippen LogP contribution >= 0.6 is 0 Å². The summed E-state index contributed by atoms with van der Waals surface area (Å²) in [7, 11) is 0. The number of likely N-dealkylation sites (N-methyl/N-ethyl adjacent to an activating group) is 1. The van der Waals surface area contributed by atoms with Gasteiger partial charge in [0.15, 0.2) is 0 Å². The summed E-state index contributed by atoms with van der Waals surface area (Å²) in [6.45, 7) is 4.54. The van der Waals surface area contributed by atoms with Crippen molar-refractivity contribution in [1.29, 1.82) is 0 Å². The van der Waals surface area contributed by atoms with E-state index in [0.717, 1.165) is 38.4 Å². The predicted octanol–water partition coefficient (Wildman–Crippen LogP) is 3.49. The molecule has 1 amide bonds. The van der Waals surface area contributed by atoms with Gasteiger partial charge in [0.1, 0.15) is 0 Å². The fourth-order valence-electron chi connectivity index (χ4n) is 3.36. The summed E-state index contributed by atoms with van der Waals surface area (Å²) in [5.41, 5.74) is -0.161. The first-order valence-corrected chi connectivity index (χ1v) is 8.54. The van der Waals surface area contributed by atoms with Crippen LogP contribution < -0.4 is 5.32 Å². The largest absolute Gasteiger partial charge is 0.416 e. The molecule has 24 heavy (non-hydrogen) atoms. The Balaban J connectivity index is 1.89. The standard InChI is InChI=1S/C18H25F3N2O/c1-2-22-17(24)13-23-11-5-6-14(12-23)9-10-15-7-3-4-8-16(15)18(19,20)21/h3-4,7-8,14H,2,5-6,9-13H2,1H3,(H,22,24)/t14-/m1/s1. The summed E-state index contributed by atoms with van der Waals surface area (Å²) in [5.74, 6) is 0.357. The van der Waals surface area contributed by atoms with Gasteiger partial charge in [0, 0.05) is 13.1 Å². The van der Waals surface area contributed by atoms with Gasteiger partial charge in [-0.3, -0.25) is 9.69 Å². The highest BCUT2D eigenvalue weighted by molar-refractivity contribution is 5.77. The minimum atomic E-state index is -4.30. The summed E-state index contributed by atoms with van der Waals surface area (Å²) < 4.78 is 39.1. The number of carbonyl (C=O) groups excluding carboxylic acids is 1. The molecule has 1 aliphatic heterocycles. The second-order valence-electron chi connectivity index (χ2n) is 6.39. The zero-order valence-corrected chi connectivity index (χ0v) is 14.0. The minimum Gasteiger partial charge on any atom is -0.355 e. The second kappa shape index (κ2) is 8.51. The third-order valence-corrected chi connectivity index (χ3v) is 4.49. The van der Waals surface area contributed by atoms with Gasteiger partial charge in [0.05, 0.1) is 12.1 Å². The lowest BCUT2D eigenvalue weighted by molar-refractivity contribution is -0.138. The predicted molar refractivity (Wildman–Crippen MR) is 87.6 cm³/mol. The van der Waals surface area contributed by atoms with Gasteiger partial charge in [-0.2, -0.15) is 13.2 Å². The fraction of sp³-hybridized carbons (Fsp3) is 0.611. The minimum absolute atomic E-state index is 0.0144. The van der Waals surface area contributed by atoms with Crippen LogP contribution in [0.2, 0.25) is 0 Å². The van der Waals surface area contributed by atoms with Crippen LogP contribution in [-0.4, -0.2) is 37.0 Å². The third-order valence-electron chi connectivity index (χ3n) is 4.49. The van der Waals surface area contributed by atoms with Crippen molar-refractivity contribution in [2.24, 2.45) is 5.92 Å². The van der Waals surface area contributed by atoms with Crippen LogP contribution in [0.1, 0.15) is 37.3 Å². The van der Waals surface area contributed by atoms with Gasteiger partial charge >= 0.3 is 6.18 Å². The zero-order chi connectivity index (χ0) is 17.6. The van der Waals surface area contributed by atoms with Gasteiger partial charge in [0.2, 0.25) is 5.91 Å². The van der Waals surface area contributed by atoms with Gasteiger partial charge < -0.3 is 5.32 Å². The number of amides is 1. The Morgan fingerprint density at radius 3 is 2.79 bits per heavy atom. The van der Waals surface area contributed by atoms with E-state index >= 15 is 0 Å². The van der Waals surface area contributed by atoms with Crippen molar-refractivity contribution in [3.05, 3.63) is 35.4 Å². The molecular weight excluding hydrogens is 317 g/mol. The van der Waals surface area contributed by atoms with Crippen LogP contribution in [-0.2, 0) is 17.4 Å². The summed E-state index contributed by atoms with van der Waals surface area (Å²) in [6.07, 6.45) is -1.15. The number of likely N-dealkylation sites (tertiary alicyclic amines) is 1. The molecule has 2 rings (SSSR count). The third kappa shape index (κ3) is 5.51. The van der Waals surface area contributed by atoms with E-state index in [-0.39, 0.29) is 5.91 Å². The van der Waals surface area contributed by atoms with E-state index in [2.05, 4.69) is 10.2 Å². The van der Waals surface area contributed by atoms with E-state index in [1.54, 1.807) is 12.1 Å². The SMILES string of the molecule is CCNC(=O)CN1CCC[C@H](CCc2ccccc2C(F)(F)F)C1. The Morgan fingerprint density at radius 1 is 1.33 bits per heavy atom. The molecule has 0 bridgehead atoms. The number of piperidine rings is 1. The van der Waals surface area contributed by atoms with Crippen molar-refractivity contribution < 1.29 is 18.0 Å². The number of hydrogen-bond acceptors (Lipinski definition) is 2. The molecule has 0 spiro atoms. The number of carbonyl (C=O) groups is 1. The molecule has 0 aromatic heterocycles. The Hall–Kier alpha value is -1.56. The van der Waals surface area contributed by atoms with Crippen molar-refractivity contribution in [2.45, 2.75) is 38.8 Å². The van der Waals surface area contributed by atoms with Gasteiger partial charge in [-0.25, -0.2) is 0 Å². The van der Waals surface area contributed by atoms with E-state index in [9.17, 15) is 18.0 Å². The van der Waals surface area contributed by atoms with E-state index in [1.165, 1.54) is 6.07 Å². The molecule has 3 nitrogen and oxygen atoms in total. The van der Waals surface area contributed by atoms with Gasteiger partial charge in [-0.15, -0.1) is 0 Å². The molecule has 1 aromatic rings. The lowest BCUT2D eigenvalue weighted by atomic mass is 9.90. The fourth-order valence-corrected chi connectivity index (χ4v) is 3.36. The number of alkyl halides is 3. The molecule has 0 saturated carbocycles. The van der Waals surface area contributed by atoms with Crippen LogP contribution in [0.4, 0.5) is 13.2 Å². The van der Waals surface area contributed by atoms with Crippen molar-refractivity contribution in [1.82, 2.24) is 10.2 Å². The number of halogens is 3. The first-order chi connectivity index (χ1) is 11.4. The molecule has 1 aliphatic rings. The highest BCUT2D eigenvalue weighted by Gasteiger charge is 2.33. The van der Waals surface area contributed by atoms with Crippen molar-refractivity contribution in [3.63, 3.8) is 0 Å². The first kappa shape index (κ1) is 18.8. The zero-order valence-electron chi connectivity index (χ0n) is 14.0. The Morgan fingerprint density at radius 2 is 2.08 bits per heavy atom. The summed E-state index contributed by atoms with van der Waals surface area (Å²) in [4.78, 5) is 13.8. The highest BCUT2D eigenvalue weighted by Crippen LogP contribution is 2.33.